The average Bonchev–Trinajstić information content (AvgIpc) is 2.15. The molecule has 0 aromatic heterocycles. The molecule has 0 amide bonds. The number of unbranched alkanes of at least 4 members (excludes halogenated alkanes) is 1. The van der Waals surface area contributed by atoms with E-state index in [-0.39, 0.29) is 6.61 Å². The predicted molar refractivity (Wildman–Crippen MR) is 60.5 cm³/mol. The molecule has 0 saturated carbocycles. The van der Waals surface area contributed by atoms with Crippen LogP contribution in [0.4, 0.5) is 0 Å². The zero-order valence-electron chi connectivity index (χ0n) is 9.65. The van der Waals surface area contributed by atoms with Gasteiger partial charge in [-0.05, 0) is 18.8 Å². The quantitative estimate of drug-likeness (QED) is 0.477. The first-order valence-corrected chi connectivity index (χ1v) is 5.53. The van der Waals surface area contributed by atoms with Crippen molar-refractivity contribution in [3.63, 3.8) is 0 Å². The number of carbonyl (C=O) groups is 1. The van der Waals surface area contributed by atoms with Crippen LogP contribution >= 0.6 is 0 Å². The second-order valence-electron chi connectivity index (χ2n) is 4.21. The SMILES string of the molecule is CC(C)CC(=O)CCC/C=C/[C@H](O)CO. The van der Waals surface area contributed by atoms with Crippen molar-refractivity contribution in [3.8, 4) is 0 Å². The highest BCUT2D eigenvalue weighted by molar-refractivity contribution is 5.78. The molecule has 0 aromatic carbocycles. The molecule has 0 bridgehead atoms. The number of aliphatic hydroxyl groups excluding tert-OH is 2. The van der Waals surface area contributed by atoms with E-state index in [2.05, 4.69) is 0 Å². The Morgan fingerprint density at radius 2 is 2.07 bits per heavy atom. The number of allylic oxidation sites excluding steroid dienone is 1. The fraction of sp³-hybridized carbons (Fsp3) is 0.750. The third-order valence-electron chi connectivity index (χ3n) is 2.01. The Hall–Kier alpha value is -0.670. The molecule has 3 heteroatoms. The maximum absolute atomic E-state index is 11.3. The zero-order valence-corrected chi connectivity index (χ0v) is 9.65. The molecular formula is C12H22O3. The summed E-state index contributed by atoms with van der Waals surface area (Å²) in [4.78, 5) is 11.3. The summed E-state index contributed by atoms with van der Waals surface area (Å²) in [5.74, 6) is 0.741. The minimum atomic E-state index is -0.767. The molecule has 1 atom stereocenters. The van der Waals surface area contributed by atoms with Crippen molar-refractivity contribution in [2.75, 3.05) is 6.61 Å². The third kappa shape index (κ3) is 9.63. The second kappa shape index (κ2) is 8.62. The molecule has 3 nitrogen and oxygen atoms in total. The van der Waals surface area contributed by atoms with Crippen molar-refractivity contribution in [2.45, 2.75) is 45.6 Å². The third-order valence-corrected chi connectivity index (χ3v) is 2.01. The fourth-order valence-corrected chi connectivity index (χ4v) is 1.29. The summed E-state index contributed by atoms with van der Waals surface area (Å²) in [6, 6.07) is 0. The molecule has 0 aliphatic rings. The first kappa shape index (κ1) is 14.3. The standard InChI is InChI=1S/C12H22O3/c1-10(2)8-11(14)6-4-3-5-7-12(15)9-13/h5,7,10,12-13,15H,3-4,6,8-9H2,1-2H3/b7-5+/t12-/m0/s1. The summed E-state index contributed by atoms with van der Waals surface area (Å²) in [5.41, 5.74) is 0. The summed E-state index contributed by atoms with van der Waals surface area (Å²) in [7, 11) is 0. The van der Waals surface area contributed by atoms with E-state index >= 15 is 0 Å². The minimum absolute atomic E-state index is 0.247. The molecule has 2 N–H and O–H groups in total. The summed E-state index contributed by atoms with van der Waals surface area (Å²) in [6.45, 7) is 3.83. The summed E-state index contributed by atoms with van der Waals surface area (Å²) < 4.78 is 0. The van der Waals surface area contributed by atoms with Crippen LogP contribution < -0.4 is 0 Å². The van der Waals surface area contributed by atoms with Crippen molar-refractivity contribution >= 4 is 5.78 Å². The van der Waals surface area contributed by atoms with Crippen LogP contribution in [0.1, 0.15) is 39.5 Å². The monoisotopic (exact) mass is 214 g/mol. The van der Waals surface area contributed by atoms with Gasteiger partial charge in [-0.1, -0.05) is 26.0 Å². The van der Waals surface area contributed by atoms with Gasteiger partial charge in [-0.3, -0.25) is 4.79 Å². The molecule has 88 valence electrons. The number of carbonyl (C=O) groups excluding carboxylic acids is 1. The van der Waals surface area contributed by atoms with Gasteiger partial charge in [0.05, 0.1) is 12.7 Å². The van der Waals surface area contributed by atoms with Crippen molar-refractivity contribution in [1.29, 1.82) is 0 Å². The van der Waals surface area contributed by atoms with E-state index in [4.69, 9.17) is 10.2 Å². The molecule has 0 spiro atoms. The predicted octanol–water partition coefficient (Wildman–Crippen LogP) is 1.68. The Morgan fingerprint density at radius 1 is 1.40 bits per heavy atom. The highest BCUT2D eigenvalue weighted by Gasteiger charge is 2.03. The zero-order chi connectivity index (χ0) is 11.7. The smallest absolute Gasteiger partial charge is 0.133 e. The van der Waals surface area contributed by atoms with Gasteiger partial charge in [-0.2, -0.15) is 0 Å². The van der Waals surface area contributed by atoms with E-state index in [0.717, 1.165) is 12.8 Å². The molecule has 0 heterocycles. The number of rotatable bonds is 8. The molecule has 0 rings (SSSR count). The lowest BCUT2D eigenvalue weighted by atomic mass is 10.0. The van der Waals surface area contributed by atoms with Gasteiger partial charge < -0.3 is 10.2 Å². The van der Waals surface area contributed by atoms with Crippen molar-refractivity contribution in [3.05, 3.63) is 12.2 Å². The van der Waals surface area contributed by atoms with Gasteiger partial charge in [0.15, 0.2) is 0 Å². The maximum Gasteiger partial charge on any atom is 0.133 e. The van der Waals surface area contributed by atoms with Crippen molar-refractivity contribution in [1.82, 2.24) is 0 Å². The topological polar surface area (TPSA) is 57.5 Å². The van der Waals surface area contributed by atoms with Crippen LogP contribution in [0.2, 0.25) is 0 Å². The van der Waals surface area contributed by atoms with Crippen LogP contribution in [0.15, 0.2) is 12.2 Å². The van der Waals surface area contributed by atoms with Gasteiger partial charge >= 0.3 is 0 Å². The molecule has 15 heavy (non-hydrogen) atoms. The molecule has 0 unspecified atom stereocenters. The first-order valence-electron chi connectivity index (χ1n) is 5.53. The number of aliphatic hydroxyl groups is 2. The summed E-state index contributed by atoms with van der Waals surface area (Å²) in [6.07, 6.45) is 5.47. The molecule has 0 radical (unpaired) electrons. The van der Waals surface area contributed by atoms with Crippen LogP contribution in [-0.2, 0) is 4.79 Å². The summed E-state index contributed by atoms with van der Waals surface area (Å²) >= 11 is 0. The van der Waals surface area contributed by atoms with Crippen molar-refractivity contribution in [2.24, 2.45) is 5.92 Å². The Morgan fingerprint density at radius 3 is 2.60 bits per heavy atom. The van der Waals surface area contributed by atoms with Gasteiger partial charge in [0.25, 0.3) is 0 Å². The minimum Gasteiger partial charge on any atom is -0.393 e. The van der Waals surface area contributed by atoms with E-state index in [1.165, 1.54) is 0 Å². The van der Waals surface area contributed by atoms with E-state index in [1.807, 2.05) is 19.9 Å². The Balaban J connectivity index is 3.46. The van der Waals surface area contributed by atoms with Crippen molar-refractivity contribution < 1.29 is 15.0 Å². The van der Waals surface area contributed by atoms with Crippen LogP contribution in [0.5, 0.6) is 0 Å². The normalized spacial score (nSPS) is 13.7. The second-order valence-corrected chi connectivity index (χ2v) is 4.21. The fourth-order valence-electron chi connectivity index (χ4n) is 1.29. The van der Waals surface area contributed by atoms with E-state index < -0.39 is 6.10 Å². The highest BCUT2D eigenvalue weighted by Crippen LogP contribution is 2.06. The average molecular weight is 214 g/mol. The van der Waals surface area contributed by atoms with Crippen LogP contribution in [0.3, 0.4) is 0 Å². The van der Waals surface area contributed by atoms with Gasteiger partial charge in [-0.15, -0.1) is 0 Å². The molecule has 0 aliphatic heterocycles. The molecule has 0 fully saturated rings. The van der Waals surface area contributed by atoms with Crippen LogP contribution in [0.25, 0.3) is 0 Å². The number of ketones is 1. The maximum atomic E-state index is 11.3. The van der Waals surface area contributed by atoms with E-state index in [0.29, 0.717) is 24.5 Å². The summed E-state index contributed by atoms with van der Waals surface area (Å²) in [5, 5.41) is 17.5. The van der Waals surface area contributed by atoms with Gasteiger partial charge in [0.1, 0.15) is 5.78 Å². The molecule has 0 aliphatic carbocycles. The van der Waals surface area contributed by atoms with Gasteiger partial charge in [0, 0.05) is 12.8 Å². The molecule has 0 aromatic rings. The first-order chi connectivity index (χ1) is 7.06. The Kier molecular flexibility index (Phi) is 8.24. The molecule has 0 saturated heterocycles. The lowest BCUT2D eigenvalue weighted by Crippen LogP contribution is -2.07. The lowest BCUT2D eigenvalue weighted by molar-refractivity contribution is -0.119. The van der Waals surface area contributed by atoms with E-state index in [9.17, 15) is 4.79 Å². The largest absolute Gasteiger partial charge is 0.393 e. The van der Waals surface area contributed by atoms with Crippen LogP contribution in [0, 0.1) is 5.92 Å². The van der Waals surface area contributed by atoms with Crippen LogP contribution in [-0.4, -0.2) is 28.7 Å². The lowest BCUT2D eigenvalue weighted by Gasteiger charge is -2.02. The number of hydrogen-bond acceptors (Lipinski definition) is 3. The molecular weight excluding hydrogens is 192 g/mol. The van der Waals surface area contributed by atoms with Gasteiger partial charge in [-0.25, -0.2) is 0 Å². The highest BCUT2D eigenvalue weighted by atomic mass is 16.3. The van der Waals surface area contributed by atoms with E-state index in [1.54, 1.807) is 6.08 Å². The number of Topliss-reactive ketones (excluding diaryl/α,β-unsaturated/α-hetero) is 1. The number of hydrogen-bond donors (Lipinski definition) is 2. The Bertz CT molecular complexity index is 197. The Labute approximate surface area is 91.8 Å². The van der Waals surface area contributed by atoms with Gasteiger partial charge in [0.2, 0.25) is 0 Å².